The molecule has 2 aromatic rings. The number of amidine groups is 1. The molecule has 0 aliphatic rings. The number of rotatable bonds is 4. The lowest BCUT2D eigenvalue weighted by atomic mass is 10.0. The molecule has 1 unspecified atom stereocenters. The van der Waals surface area contributed by atoms with Crippen molar-refractivity contribution in [2.45, 2.75) is 19.9 Å². The van der Waals surface area contributed by atoms with E-state index in [2.05, 4.69) is 17.9 Å². The van der Waals surface area contributed by atoms with Crippen molar-refractivity contribution < 1.29 is 0 Å². The minimum Gasteiger partial charge on any atom is -0.384 e. The normalized spacial score (nSPS) is 12.0. The standard InChI is InChI=1S/C17H20ClN3/c1-11-7-8-16(15(9-11)17(19)20)21(3)12(2)13-5-4-6-14(18)10-13/h4-10,12H,1-3H3,(H3,19,20). The lowest BCUT2D eigenvalue weighted by Crippen LogP contribution is -2.25. The molecule has 0 radical (unpaired) electrons. The van der Waals surface area contributed by atoms with Gasteiger partial charge in [0.05, 0.1) is 6.04 Å². The largest absolute Gasteiger partial charge is 0.384 e. The Kier molecular flexibility index (Phi) is 4.53. The van der Waals surface area contributed by atoms with Crippen LogP contribution in [0.3, 0.4) is 0 Å². The molecule has 0 aromatic heterocycles. The lowest BCUT2D eigenvalue weighted by molar-refractivity contribution is 0.739. The zero-order valence-electron chi connectivity index (χ0n) is 12.5. The number of benzene rings is 2. The fourth-order valence-electron chi connectivity index (χ4n) is 2.37. The van der Waals surface area contributed by atoms with Gasteiger partial charge in [0.25, 0.3) is 0 Å². The second-order valence-corrected chi connectivity index (χ2v) is 5.71. The van der Waals surface area contributed by atoms with Crippen LogP contribution in [0.2, 0.25) is 5.02 Å². The minimum absolute atomic E-state index is 0.0823. The molecule has 21 heavy (non-hydrogen) atoms. The first-order chi connectivity index (χ1) is 9.90. The van der Waals surface area contributed by atoms with Gasteiger partial charge in [0, 0.05) is 23.3 Å². The summed E-state index contributed by atoms with van der Waals surface area (Å²) in [7, 11) is 2.00. The second kappa shape index (κ2) is 6.19. The molecule has 0 amide bonds. The summed E-state index contributed by atoms with van der Waals surface area (Å²) in [6, 6.07) is 13.9. The highest BCUT2D eigenvalue weighted by Crippen LogP contribution is 2.29. The fourth-order valence-corrected chi connectivity index (χ4v) is 2.57. The Morgan fingerprint density at radius 3 is 2.57 bits per heavy atom. The number of nitrogens with zero attached hydrogens (tertiary/aromatic N) is 1. The van der Waals surface area contributed by atoms with Crippen molar-refractivity contribution in [2.24, 2.45) is 5.73 Å². The lowest BCUT2D eigenvalue weighted by Gasteiger charge is -2.29. The first-order valence-electron chi connectivity index (χ1n) is 6.83. The summed E-state index contributed by atoms with van der Waals surface area (Å²) in [6.07, 6.45) is 0. The number of halogens is 1. The topological polar surface area (TPSA) is 53.1 Å². The van der Waals surface area contributed by atoms with Crippen molar-refractivity contribution in [3.05, 3.63) is 64.2 Å². The molecular weight excluding hydrogens is 282 g/mol. The van der Waals surface area contributed by atoms with E-state index in [0.29, 0.717) is 0 Å². The maximum Gasteiger partial charge on any atom is 0.124 e. The van der Waals surface area contributed by atoms with E-state index in [1.807, 2.05) is 50.4 Å². The summed E-state index contributed by atoms with van der Waals surface area (Å²) in [4.78, 5) is 2.11. The molecule has 4 heteroatoms. The molecule has 2 aromatic carbocycles. The number of aryl methyl sites for hydroxylation is 1. The highest BCUT2D eigenvalue weighted by atomic mass is 35.5. The second-order valence-electron chi connectivity index (χ2n) is 5.28. The van der Waals surface area contributed by atoms with E-state index in [9.17, 15) is 0 Å². The van der Waals surface area contributed by atoms with Gasteiger partial charge in [0.15, 0.2) is 0 Å². The average molecular weight is 302 g/mol. The summed E-state index contributed by atoms with van der Waals surface area (Å²) in [5.41, 5.74) is 9.64. The quantitative estimate of drug-likeness (QED) is 0.659. The Morgan fingerprint density at radius 2 is 1.95 bits per heavy atom. The summed E-state index contributed by atoms with van der Waals surface area (Å²) in [6.45, 7) is 4.10. The van der Waals surface area contributed by atoms with Crippen molar-refractivity contribution in [3.8, 4) is 0 Å². The molecule has 0 saturated heterocycles. The van der Waals surface area contributed by atoms with Crippen molar-refractivity contribution in [3.63, 3.8) is 0 Å². The zero-order valence-corrected chi connectivity index (χ0v) is 13.3. The molecule has 2 rings (SSSR count). The van der Waals surface area contributed by atoms with E-state index in [0.717, 1.165) is 27.4 Å². The molecule has 0 fully saturated rings. The Morgan fingerprint density at radius 1 is 1.24 bits per heavy atom. The SMILES string of the molecule is Cc1ccc(N(C)C(C)c2cccc(Cl)c2)c(C(=N)N)c1. The van der Waals surface area contributed by atoms with Crippen molar-refractivity contribution in [1.82, 2.24) is 0 Å². The van der Waals surface area contributed by atoms with Crippen LogP contribution in [0.5, 0.6) is 0 Å². The Balaban J connectivity index is 2.40. The predicted molar refractivity (Wildman–Crippen MR) is 90.5 cm³/mol. The Bertz CT molecular complexity index is 667. The molecule has 0 aliphatic heterocycles. The van der Waals surface area contributed by atoms with Gasteiger partial charge in [-0.2, -0.15) is 0 Å². The van der Waals surface area contributed by atoms with Gasteiger partial charge in [-0.3, -0.25) is 5.41 Å². The number of hydrogen-bond donors (Lipinski definition) is 2. The van der Waals surface area contributed by atoms with Gasteiger partial charge in [-0.25, -0.2) is 0 Å². The molecule has 0 saturated carbocycles. The maximum absolute atomic E-state index is 7.78. The van der Waals surface area contributed by atoms with Gasteiger partial charge >= 0.3 is 0 Å². The van der Waals surface area contributed by atoms with Gasteiger partial charge in [-0.15, -0.1) is 0 Å². The number of anilines is 1. The third-order valence-corrected chi connectivity index (χ3v) is 3.97. The monoisotopic (exact) mass is 301 g/mol. The molecule has 0 bridgehead atoms. The molecular formula is C17H20ClN3. The summed E-state index contributed by atoms with van der Waals surface area (Å²) >= 11 is 6.07. The van der Waals surface area contributed by atoms with E-state index in [4.69, 9.17) is 22.7 Å². The van der Waals surface area contributed by atoms with Crippen LogP contribution in [-0.2, 0) is 0 Å². The van der Waals surface area contributed by atoms with Crippen LogP contribution in [0.1, 0.15) is 29.7 Å². The molecule has 3 nitrogen and oxygen atoms in total. The first-order valence-corrected chi connectivity index (χ1v) is 7.21. The zero-order chi connectivity index (χ0) is 15.6. The smallest absolute Gasteiger partial charge is 0.124 e. The summed E-state index contributed by atoms with van der Waals surface area (Å²) in [5.74, 6) is 0.0823. The van der Waals surface area contributed by atoms with Gasteiger partial charge in [0.1, 0.15) is 5.84 Å². The Hall–Kier alpha value is -2.00. The van der Waals surface area contributed by atoms with Crippen LogP contribution in [0.25, 0.3) is 0 Å². The maximum atomic E-state index is 7.78. The van der Waals surface area contributed by atoms with E-state index in [1.54, 1.807) is 0 Å². The van der Waals surface area contributed by atoms with Crippen LogP contribution in [0.15, 0.2) is 42.5 Å². The van der Waals surface area contributed by atoms with Crippen molar-refractivity contribution in [2.75, 3.05) is 11.9 Å². The third-order valence-electron chi connectivity index (χ3n) is 3.73. The molecule has 3 N–H and O–H groups in total. The van der Waals surface area contributed by atoms with E-state index in [1.165, 1.54) is 0 Å². The van der Waals surface area contributed by atoms with Crippen LogP contribution in [0, 0.1) is 12.3 Å². The van der Waals surface area contributed by atoms with E-state index < -0.39 is 0 Å². The number of nitrogens with two attached hydrogens (primary N) is 1. The number of hydrogen-bond acceptors (Lipinski definition) is 2. The van der Waals surface area contributed by atoms with Crippen LogP contribution in [0.4, 0.5) is 5.69 Å². The highest BCUT2D eigenvalue weighted by Gasteiger charge is 2.17. The van der Waals surface area contributed by atoms with Crippen LogP contribution < -0.4 is 10.6 Å². The van der Waals surface area contributed by atoms with E-state index in [-0.39, 0.29) is 11.9 Å². The molecule has 0 heterocycles. The molecule has 0 aliphatic carbocycles. The highest BCUT2D eigenvalue weighted by molar-refractivity contribution is 6.30. The average Bonchev–Trinajstić information content (AvgIpc) is 2.45. The van der Waals surface area contributed by atoms with Gasteiger partial charge in [-0.1, -0.05) is 35.4 Å². The number of nitrogen functional groups attached to an aromatic ring is 1. The fraction of sp³-hybridized carbons (Fsp3) is 0.235. The van der Waals surface area contributed by atoms with E-state index >= 15 is 0 Å². The predicted octanol–water partition coefficient (Wildman–Crippen LogP) is 4.13. The minimum atomic E-state index is 0.0823. The third kappa shape index (κ3) is 3.37. The van der Waals surface area contributed by atoms with Crippen LogP contribution in [-0.4, -0.2) is 12.9 Å². The van der Waals surface area contributed by atoms with Crippen molar-refractivity contribution >= 4 is 23.1 Å². The first kappa shape index (κ1) is 15.4. The summed E-state index contributed by atoms with van der Waals surface area (Å²) in [5, 5.41) is 8.50. The van der Waals surface area contributed by atoms with Gasteiger partial charge < -0.3 is 10.6 Å². The molecule has 110 valence electrons. The Labute approximate surface area is 130 Å². The molecule has 1 atom stereocenters. The van der Waals surface area contributed by atoms with Crippen LogP contribution >= 0.6 is 11.6 Å². The van der Waals surface area contributed by atoms with Gasteiger partial charge in [0.2, 0.25) is 0 Å². The van der Waals surface area contributed by atoms with Crippen molar-refractivity contribution in [1.29, 1.82) is 5.41 Å². The molecule has 0 spiro atoms. The van der Waals surface area contributed by atoms with Gasteiger partial charge in [-0.05, 0) is 43.7 Å². The number of nitrogens with one attached hydrogen (secondary N) is 1. The summed E-state index contributed by atoms with van der Waals surface area (Å²) < 4.78 is 0.